The number of rotatable bonds is 5. The zero-order valence-corrected chi connectivity index (χ0v) is 12.6. The third kappa shape index (κ3) is 3.10. The van der Waals surface area contributed by atoms with Gasteiger partial charge in [-0.25, -0.2) is 0 Å². The van der Waals surface area contributed by atoms with Crippen LogP contribution in [0.5, 0.6) is 5.75 Å². The van der Waals surface area contributed by atoms with Crippen LogP contribution in [0.1, 0.15) is 11.1 Å². The van der Waals surface area contributed by atoms with Gasteiger partial charge in [-0.05, 0) is 29.9 Å². The molecule has 2 aromatic rings. The first kappa shape index (κ1) is 14.4. The number of benzene rings is 1. The van der Waals surface area contributed by atoms with E-state index in [-0.39, 0.29) is 0 Å². The number of ether oxygens (including phenoxy) is 1. The van der Waals surface area contributed by atoms with Gasteiger partial charge in [-0.3, -0.25) is 5.43 Å². The number of nitrogens with zero attached hydrogens (tertiary/aromatic N) is 3. The fourth-order valence-electron chi connectivity index (χ4n) is 1.52. The minimum atomic E-state index is 0.527. The summed E-state index contributed by atoms with van der Waals surface area (Å²) in [4.78, 5) is 0. The van der Waals surface area contributed by atoms with Crippen LogP contribution in [0.4, 0.5) is 5.00 Å². The van der Waals surface area contributed by atoms with Crippen molar-refractivity contribution in [3.05, 3.63) is 35.4 Å². The molecular weight excluding hydrogens is 292 g/mol. The molecule has 0 saturated heterocycles. The zero-order chi connectivity index (χ0) is 14.4. The summed E-state index contributed by atoms with van der Waals surface area (Å²) < 4.78 is 9.42. The number of hydrogen-bond acceptors (Lipinski definition) is 7. The minimum Gasteiger partial charge on any atom is -0.496 e. The average molecular weight is 304 g/mol. The van der Waals surface area contributed by atoms with Gasteiger partial charge in [0.25, 0.3) is 0 Å². The minimum absolute atomic E-state index is 0.527. The smallest absolute Gasteiger partial charge is 0.148 e. The molecule has 0 radical (unpaired) electrons. The van der Waals surface area contributed by atoms with Crippen molar-refractivity contribution >= 4 is 34.5 Å². The Hall–Kier alpha value is -2.04. The number of nitrogens with one attached hydrogen (secondary N) is 1. The van der Waals surface area contributed by atoms with E-state index in [9.17, 15) is 0 Å². The van der Waals surface area contributed by atoms with Gasteiger partial charge < -0.3 is 4.74 Å². The fourth-order valence-corrected chi connectivity index (χ4v) is 2.94. The van der Waals surface area contributed by atoms with Crippen LogP contribution < -0.4 is 10.2 Å². The Morgan fingerprint density at radius 3 is 3.00 bits per heavy atom. The number of thioether (sulfide) groups is 1. The quantitative estimate of drug-likeness (QED) is 0.522. The lowest BCUT2D eigenvalue weighted by atomic mass is 10.2. The van der Waals surface area contributed by atoms with Crippen molar-refractivity contribution in [3.8, 4) is 11.8 Å². The Morgan fingerprint density at radius 2 is 2.30 bits per heavy atom. The molecule has 0 unspecified atom stereocenters. The highest BCUT2D eigenvalue weighted by molar-refractivity contribution is 7.98. The van der Waals surface area contributed by atoms with Crippen molar-refractivity contribution in [2.75, 3.05) is 18.8 Å². The maximum absolute atomic E-state index is 9.11. The summed E-state index contributed by atoms with van der Waals surface area (Å²) in [5.74, 6) is 0.743. The summed E-state index contributed by atoms with van der Waals surface area (Å²) in [6, 6.07) is 9.69. The van der Waals surface area contributed by atoms with E-state index >= 15 is 0 Å². The molecule has 0 fully saturated rings. The average Bonchev–Trinajstić information content (AvgIpc) is 2.89. The van der Waals surface area contributed by atoms with Crippen LogP contribution in [0, 0.1) is 11.3 Å². The number of anilines is 1. The molecule has 0 spiro atoms. The first-order valence-corrected chi connectivity index (χ1v) is 7.65. The number of aromatic nitrogens is 1. The lowest BCUT2D eigenvalue weighted by Crippen LogP contribution is -1.93. The monoisotopic (exact) mass is 304 g/mol. The number of methoxy groups -OCH3 is 1. The van der Waals surface area contributed by atoms with E-state index < -0.39 is 0 Å². The predicted molar refractivity (Wildman–Crippen MR) is 82.8 cm³/mol. The molecule has 0 aliphatic carbocycles. The topological polar surface area (TPSA) is 70.3 Å². The molecule has 0 atom stereocenters. The van der Waals surface area contributed by atoms with Gasteiger partial charge in [0.15, 0.2) is 0 Å². The second-order valence-corrected chi connectivity index (χ2v) is 5.19. The normalized spacial score (nSPS) is 10.4. The second kappa shape index (κ2) is 6.93. The highest BCUT2D eigenvalue weighted by Gasteiger charge is 2.11. The third-order valence-electron chi connectivity index (χ3n) is 2.47. The van der Waals surface area contributed by atoms with Gasteiger partial charge in [-0.1, -0.05) is 12.1 Å². The van der Waals surface area contributed by atoms with Crippen LogP contribution in [0.15, 0.2) is 34.4 Å². The van der Waals surface area contributed by atoms with Crippen LogP contribution in [0.3, 0.4) is 0 Å². The van der Waals surface area contributed by atoms with Crippen molar-refractivity contribution in [2.24, 2.45) is 5.10 Å². The van der Waals surface area contributed by atoms with Crippen LogP contribution >= 0.6 is 23.3 Å². The lowest BCUT2D eigenvalue weighted by Gasteiger charge is -2.02. The molecule has 2 rings (SSSR count). The number of hydrogen-bond donors (Lipinski definition) is 1. The van der Waals surface area contributed by atoms with E-state index in [2.05, 4.69) is 21.0 Å². The summed E-state index contributed by atoms with van der Waals surface area (Å²) in [6.45, 7) is 0. The molecule has 0 amide bonds. The maximum atomic E-state index is 9.11. The zero-order valence-electron chi connectivity index (χ0n) is 11.0. The summed E-state index contributed by atoms with van der Waals surface area (Å²) in [5.41, 5.74) is 4.24. The van der Waals surface area contributed by atoms with E-state index in [0.717, 1.165) is 11.3 Å². The molecule has 5 nitrogen and oxygen atoms in total. The van der Waals surface area contributed by atoms with Crippen LogP contribution in [-0.2, 0) is 0 Å². The third-order valence-corrected chi connectivity index (χ3v) is 4.02. The van der Waals surface area contributed by atoms with Crippen molar-refractivity contribution in [1.82, 2.24) is 4.37 Å². The first-order chi connectivity index (χ1) is 9.80. The van der Waals surface area contributed by atoms with E-state index in [0.29, 0.717) is 15.6 Å². The Bertz CT molecular complexity index is 661. The Balaban J connectivity index is 2.15. The Labute approximate surface area is 125 Å². The molecule has 0 aliphatic heterocycles. The summed E-state index contributed by atoms with van der Waals surface area (Å²) in [5, 5.41) is 14.6. The number of nitriles is 1. The maximum Gasteiger partial charge on any atom is 0.148 e. The van der Waals surface area contributed by atoms with Crippen molar-refractivity contribution in [2.45, 2.75) is 5.03 Å². The molecule has 0 aliphatic rings. The van der Waals surface area contributed by atoms with Gasteiger partial charge in [0.2, 0.25) is 0 Å². The largest absolute Gasteiger partial charge is 0.496 e. The van der Waals surface area contributed by atoms with Crippen molar-refractivity contribution < 1.29 is 4.74 Å². The van der Waals surface area contributed by atoms with Crippen molar-refractivity contribution in [1.29, 1.82) is 5.26 Å². The van der Waals surface area contributed by atoms with E-state index in [4.69, 9.17) is 10.00 Å². The second-order valence-electron chi connectivity index (χ2n) is 3.62. The molecule has 20 heavy (non-hydrogen) atoms. The SMILES string of the molecule is COc1ccccc1C=NNc1snc(SC)c1C#N. The Kier molecular flexibility index (Phi) is 4.98. The van der Waals surface area contributed by atoms with E-state index in [1.807, 2.05) is 30.5 Å². The fraction of sp³-hybridized carbons (Fsp3) is 0.154. The van der Waals surface area contributed by atoms with E-state index in [1.54, 1.807) is 13.3 Å². The molecular formula is C13H12N4OS2. The van der Waals surface area contributed by atoms with Gasteiger partial charge in [-0.2, -0.15) is 14.7 Å². The number of para-hydroxylation sites is 1. The van der Waals surface area contributed by atoms with Crippen LogP contribution in [-0.4, -0.2) is 24.0 Å². The van der Waals surface area contributed by atoms with Gasteiger partial charge in [-0.15, -0.1) is 11.8 Å². The highest BCUT2D eigenvalue weighted by Crippen LogP contribution is 2.29. The molecule has 1 aromatic carbocycles. The van der Waals surface area contributed by atoms with Crippen LogP contribution in [0.25, 0.3) is 0 Å². The molecule has 1 N–H and O–H groups in total. The molecule has 7 heteroatoms. The Morgan fingerprint density at radius 1 is 1.50 bits per heavy atom. The summed E-state index contributed by atoms with van der Waals surface area (Å²) in [6.07, 6.45) is 3.54. The van der Waals surface area contributed by atoms with Crippen LogP contribution in [0.2, 0.25) is 0 Å². The molecule has 0 bridgehead atoms. The van der Waals surface area contributed by atoms with Gasteiger partial charge in [0.05, 0.1) is 13.3 Å². The lowest BCUT2D eigenvalue weighted by molar-refractivity contribution is 0.414. The number of hydrazone groups is 1. The molecule has 102 valence electrons. The molecule has 0 saturated carbocycles. The summed E-state index contributed by atoms with van der Waals surface area (Å²) in [7, 11) is 1.61. The van der Waals surface area contributed by atoms with Gasteiger partial charge in [0, 0.05) is 5.56 Å². The standard InChI is InChI=1S/C13H12N4OS2/c1-18-11-6-4-3-5-9(11)8-15-16-12-10(7-14)13(19-2)17-20-12/h3-6,8,16H,1-2H3. The van der Waals surface area contributed by atoms with Gasteiger partial charge in [0.1, 0.15) is 27.4 Å². The predicted octanol–water partition coefficient (Wildman–Crippen LogP) is 3.19. The van der Waals surface area contributed by atoms with Crippen molar-refractivity contribution in [3.63, 3.8) is 0 Å². The summed E-state index contributed by atoms with van der Waals surface area (Å²) >= 11 is 2.66. The molecule has 1 aromatic heterocycles. The highest BCUT2D eigenvalue weighted by atomic mass is 32.2. The first-order valence-electron chi connectivity index (χ1n) is 5.66. The van der Waals surface area contributed by atoms with E-state index in [1.165, 1.54) is 23.3 Å². The van der Waals surface area contributed by atoms with Gasteiger partial charge >= 0.3 is 0 Å². The molecule has 1 heterocycles.